The van der Waals surface area contributed by atoms with Crippen molar-refractivity contribution in [2.24, 2.45) is 10.7 Å². The second-order valence-corrected chi connectivity index (χ2v) is 9.62. The molecule has 1 unspecified atom stereocenters. The summed E-state index contributed by atoms with van der Waals surface area (Å²) in [5.74, 6) is 1.95. The van der Waals surface area contributed by atoms with Gasteiger partial charge in [0.15, 0.2) is 5.17 Å². The second-order valence-electron chi connectivity index (χ2n) is 8.51. The van der Waals surface area contributed by atoms with E-state index in [4.69, 9.17) is 15.5 Å². The molecule has 2 aromatic carbocycles. The first-order chi connectivity index (χ1) is 14.1. The molecule has 4 nitrogen and oxygen atoms in total. The van der Waals surface area contributed by atoms with Gasteiger partial charge in [-0.1, -0.05) is 36.4 Å². The number of nitrogens with zero attached hydrogens (tertiary/aromatic N) is 2. The third-order valence-corrected chi connectivity index (χ3v) is 7.40. The average molecular weight is 404 g/mol. The molecule has 148 valence electrons. The summed E-state index contributed by atoms with van der Waals surface area (Å²) in [6.07, 6.45) is 7.83. The number of aliphatic imine (C=N–C) groups is 1. The highest BCUT2D eigenvalue weighted by molar-refractivity contribution is 8.13. The molecule has 0 bridgehead atoms. The minimum absolute atomic E-state index is 0.112. The molecule has 2 aromatic rings. The summed E-state index contributed by atoms with van der Waals surface area (Å²) in [7, 11) is 0. The highest BCUT2D eigenvalue weighted by atomic mass is 32.2. The zero-order chi connectivity index (χ0) is 19.9. The van der Waals surface area contributed by atoms with E-state index >= 15 is 0 Å². The van der Waals surface area contributed by atoms with Crippen molar-refractivity contribution < 1.29 is 4.74 Å². The summed E-state index contributed by atoms with van der Waals surface area (Å²) in [4.78, 5) is 5.06. The van der Waals surface area contributed by atoms with Gasteiger partial charge in [0.2, 0.25) is 0 Å². The SMILES string of the molecule is N#Cc1cccc(-c2ccc3c(c2)C2(CCSC(N)=N2)CC2(CCCCC2)O3)c1. The van der Waals surface area contributed by atoms with Crippen molar-refractivity contribution in [2.75, 3.05) is 5.75 Å². The zero-order valence-corrected chi connectivity index (χ0v) is 17.3. The number of ether oxygens (including phenoxy) is 1. The first-order valence-corrected chi connectivity index (χ1v) is 11.4. The Balaban J connectivity index is 1.64. The fraction of sp³-hybridized carbons (Fsp3) is 0.417. The number of amidine groups is 1. The van der Waals surface area contributed by atoms with E-state index in [-0.39, 0.29) is 11.1 Å². The minimum atomic E-state index is -0.302. The van der Waals surface area contributed by atoms with Crippen LogP contribution in [0.15, 0.2) is 47.5 Å². The molecule has 5 heteroatoms. The Morgan fingerprint density at radius 2 is 1.86 bits per heavy atom. The fourth-order valence-electron chi connectivity index (χ4n) is 5.25. The summed E-state index contributed by atoms with van der Waals surface area (Å²) < 4.78 is 6.69. The molecule has 0 amide bonds. The van der Waals surface area contributed by atoms with Crippen LogP contribution in [-0.2, 0) is 5.54 Å². The van der Waals surface area contributed by atoms with E-state index < -0.39 is 0 Å². The van der Waals surface area contributed by atoms with Crippen molar-refractivity contribution in [3.63, 3.8) is 0 Å². The third kappa shape index (κ3) is 3.30. The standard InChI is InChI=1S/C24H25N3OS/c25-15-17-5-4-6-18(13-17)19-7-8-21-20(14-19)24(11-12-29-22(26)27-24)16-23(28-21)9-2-1-3-10-23/h4-8,13-14H,1-3,9-12,16H2,(H2,26,27). The minimum Gasteiger partial charge on any atom is -0.487 e. The topological polar surface area (TPSA) is 71.4 Å². The molecular weight excluding hydrogens is 378 g/mol. The zero-order valence-electron chi connectivity index (χ0n) is 16.5. The van der Waals surface area contributed by atoms with Crippen molar-refractivity contribution in [1.29, 1.82) is 5.26 Å². The number of hydrogen-bond donors (Lipinski definition) is 1. The summed E-state index contributed by atoms with van der Waals surface area (Å²) >= 11 is 1.65. The first kappa shape index (κ1) is 18.6. The molecule has 0 radical (unpaired) electrons. The highest BCUT2D eigenvalue weighted by Crippen LogP contribution is 2.54. The van der Waals surface area contributed by atoms with Gasteiger partial charge in [-0.25, -0.2) is 0 Å². The Bertz CT molecular complexity index is 1020. The summed E-state index contributed by atoms with van der Waals surface area (Å²) in [6.45, 7) is 0. The Kier molecular flexibility index (Phi) is 4.55. The van der Waals surface area contributed by atoms with E-state index in [1.807, 2.05) is 18.2 Å². The van der Waals surface area contributed by atoms with Crippen LogP contribution >= 0.6 is 11.8 Å². The maximum atomic E-state index is 9.27. The molecule has 1 atom stereocenters. The van der Waals surface area contributed by atoms with Gasteiger partial charge in [-0.2, -0.15) is 5.26 Å². The van der Waals surface area contributed by atoms with Gasteiger partial charge in [0.1, 0.15) is 11.4 Å². The maximum Gasteiger partial charge on any atom is 0.154 e. The molecule has 0 aromatic heterocycles. The molecule has 2 spiro atoms. The van der Waals surface area contributed by atoms with E-state index in [0.29, 0.717) is 10.7 Å². The van der Waals surface area contributed by atoms with Gasteiger partial charge in [0, 0.05) is 17.7 Å². The van der Waals surface area contributed by atoms with Gasteiger partial charge < -0.3 is 10.5 Å². The van der Waals surface area contributed by atoms with Gasteiger partial charge in [0.05, 0.1) is 17.2 Å². The van der Waals surface area contributed by atoms with Crippen LogP contribution in [0.1, 0.15) is 56.1 Å². The number of benzene rings is 2. The second kappa shape index (κ2) is 7.11. The lowest BCUT2D eigenvalue weighted by atomic mass is 9.69. The molecular formula is C24H25N3OS. The molecule has 2 N–H and O–H groups in total. The Morgan fingerprint density at radius 3 is 2.66 bits per heavy atom. The van der Waals surface area contributed by atoms with Crippen molar-refractivity contribution in [2.45, 2.75) is 56.1 Å². The normalized spacial score (nSPS) is 25.0. The lowest BCUT2D eigenvalue weighted by Crippen LogP contribution is -2.50. The van der Waals surface area contributed by atoms with Crippen LogP contribution in [-0.4, -0.2) is 16.5 Å². The molecule has 29 heavy (non-hydrogen) atoms. The number of nitrogens with two attached hydrogens (primary N) is 1. The third-order valence-electron chi connectivity index (χ3n) is 6.60. The van der Waals surface area contributed by atoms with Crippen molar-refractivity contribution in [1.82, 2.24) is 0 Å². The van der Waals surface area contributed by atoms with Crippen LogP contribution in [0.25, 0.3) is 11.1 Å². The van der Waals surface area contributed by atoms with Gasteiger partial charge in [-0.05, 0) is 67.5 Å². The lowest BCUT2D eigenvalue weighted by Gasteiger charge is -2.49. The first-order valence-electron chi connectivity index (χ1n) is 10.4. The molecule has 2 aliphatic heterocycles. The smallest absolute Gasteiger partial charge is 0.154 e. The predicted molar refractivity (Wildman–Crippen MR) is 118 cm³/mol. The van der Waals surface area contributed by atoms with E-state index in [0.717, 1.165) is 53.9 Å². The van der Waals surface area contributed by atoms with E-state index in [2.05, 4.69) is 30.3 Å². The fourth-order valence-corrected chi connectivity index (χ4v) is 6.14. The molecule has 1 fully saturated rings. The van der Waals surface area contributed by atoms with Crippen LogP contribution in [0, 0.1) is 11.3 Å². The van der Waals surface area contributed by atoms with Crippen LogP contribution in [0.4, 0.5) is 0 Å². The number of nitriles is 1. The van der Waals surface area contributed by atoms with Crippen molar-refractivity contribution in [3.8, 4) is 22.9 Å². The molecule has 1 saturated carbocycles. The van der Waals surface area contributed by atoms with Gasteiger partial charge in [-0.15, -0.1) is 0 Å². The average Bonchev–Trinajstić information content (AvgIpc) is 2.74. The Morgan fingerprint density at radius 1 is 1.03 bits per heavy atom. The van der Waals surface area contributed by atoms with Crippen LogP contribution in [0.2, 0.25) is 0 Å². The molecule has 0 saturated heterocycles. The maximum absolute atomic E-state index is 9.27. The molecule has 2 heterocycles. The number of fused-ring (bicyclic) bond motifs is 2. The molecule has 3 aliphatic rings. The quantitative estimate of drug-likeness (QED) is 0.696. The van der Waals surface area contributed by atoms with Crippen LogP contribution < -0.4 is 10.5 Å². The monoisotopic (exact) mass is 403 g/mol. The Labute approximate surface area is 176 Å². The van der Waals surface area contributed by atoms with E-state index in [1.54, 1.807) is 11.8 Å². The molecule has 1 aliphatic carbocycles. The largest absolute Gasteiger partial charge is 0.487 e. The lowest BCUT2D eigenvalue weighted by molar-refractivity contribution is -0.0183. The van der Waals surface area contributed by atoms with Gasteiger partial charge in [0.25, 0.3) is 0 Å². The van der Waals surface area contributed by atoms with E-state index in [1.165, 1.54) is 19.3 Å². The predicted octanol–water partition coefficient (Wildman–Crippen LogP) is 5.36. The number of hydrogen-bond acceptors (Lipinski definition) is 5. The summed E-state index contributed by atoms with van der Waals surface area (Å²) in [6, 6.07) is 16.4. The van der Waals surface area contributed by atoms with Crippen molar-refractivity contribution in [3.05, 3.63) is 53.6 Å². The van der Waals surface area contributed by atoms with Gasteiger partial charge >= 0.3 is 0 Å². The van der Waals surface area contributed by atoms with Crippen molar-refractivity contribution >= 4 is 16.9 Å². The van der Waals surface area contributed by atoms with E-state index in [9.17, 15) is 5.26 Å². The summed E-state index contributed by atoms with van der Waals surface area (Å²) in [5, 5.41) is 9.95. The highest BCUT2D eigenvalue weighted by Gasteiger charge is 2.50. The van der Waals surface area contributed by atoms with Crippen LogP contribution in [0.3, 0.4) is 0 Å². The Hall–Kier alpha value is -2.45. The summed E-state index contributed by atoms with van der Waals surface area (Å²) in [5.41, 5.74) is 9.78. The number of thioether (sulfide) groups is 1. The van der Waals surface area contributed by atoms with Gasteiger partial charge in [-0.3, -0.25) is 4.99 Å². The molecule has 5 rings (SSSR count). The number of rotatable bonds is 1. The van der Waals surface area contributed by atoms with Crippen LogP contribution in [0.5, 0.6) is 5.75 Å².